The molecule has 2 aromatic carbocycles. The predicted octanol–water partition coefficient (Wildman–Crippen LogP) is 4.39. The first-order chi connectivity index (χ1) is 12.2. The van der Waals surface area contributed by atoms with Gasteiger partial charge in [-0.15, -0.1) is 0 Å². The van der Waals surface area contributed by atoms with Crippen molar-refractivity contribution in [2.45, 2.75) is 20.3 Å². The van der Waals surface area contributed by atoms with Crippen molar-refractivity contribution in [3.8, 4) is 11.8 Å². The van der Waals surface area contributed by atoms with E-state index in [1.54, 1.807) is 0 Å². The Hall–Kier alpha value is -3.26. The first-order valence-corrected chi connectivity index (χ1v) is 8.29. The molecule has 126 valence electrons. The number of nitriles is 1. The SMILES string of the molecule is CCOc1cc2nc(CC)c(C#N)c(Nc3ccccc3)c2cc1N. The van der Waals surface area contributed by atoms with E-state index in [4.69, 9.17) is 10.5 Å². The third-order valence-electron chi connectivity index (χ3n) is 3.98. The number of para-hydroxylation sites is 1. The smallest absolute Gasteiger partial charge is 0.144 e. The number of benzene rings is 2. The number of nitrogens with two attached hydrogens (primary N) is 1. The second-order valence-corrected chi connectivity index (χ2v) is 5.61. The lowest BCUT2D eigenvalue weighted by atomic mass is 10.0. The van der Waals surface area contributed by atoms with Gasteiger partial charge in [-0.05, 0) is 31.5 Å². The van der Waals surface area contributed by atoms with E-state index in [1.165, 1.54) is 0 Å². The third kappa shape index (κ3) is 3.20. The van der Waals surface area contributed by atoms with Crippen LogP contribution in [0.5, 0.6) is 5.75 Å². The largest absolute Gasteiger partial charge is 0.492 e. The van der Waals surface area contributed by atoms with Crippen molar-refractivity contribution < 1.29 is 4.74 Å². The molecule has 0 unspecified atom stereocenters. The number of hydrogen-bond acceptors (Lipinski definition) is 5. The van der Waals surface area contributed by atoms with E-state index in [9.17, 15) is 5.26 Å². The van der Waals surface area contributed by atoms with E-state index in [2.05, 4.69) is 16.4 Å². The van der Waals surface area contributed by atoms with Crippen molar-refractivity contribution in [2.75, 3.05) is 17.7 Å². The van der Waals surface area contributed by atoms with Crippen molar-refractivity contribution >= 4 is 28.0 Å². The molecule has 0 saturated carbocycles. The van der Waals surface area contributed by atoms with Crippen LogP contribution in [0.1, 0.15) is 25.1 Å². The van der Waals surface area contributed by atoms with Crippen LogP contribution < -0.4 is 15.8 Å². The average molecular weight is 332 g/mol. The topological polar surface area (TPSA) is 84.0 Å². The first kappa shape index (κ1) is 16.6. The Labute approximate surface area is 147 Å². The van der Waals surface area contributed by atoms with E-state index in [0.29, 0.717) is 30.0 Å². The fourth-order valence-electron chi connectivity index (χ4n) is 2.81. The molecule has 0 aliphatic carbocycles. The monoisotopic (exact) mass is 332 g/mol. The maximum Gasteiger partial charge on any atom is 0.144 e. The average Bonchev–Trinajstić information content (AvgIpc) is 2.63. The zero-order valence-corrected chi connectivity index (χ0v) is 14.3. The number of nitrogens with one attached hydrogen (secondary N) is 1. The minimum atomic E-state index is 0.528. The van der Waals surface area contributed by atoms with Gasteiger partial charge in [0.15, 0.2) is 0 Å². The Morgan fingerprint density at radius 1 is 1.20 bits per heavy atom. The zero-order chi connectivity index (χ0) is 17.8. The van der Waals surface area contributed by atoms with Gasteiger partial charge in [0.25, 0.3) is 0 Å². The quantitative estimate of drug-likeness (QED) is 0.677. The highest BCUT2D eigenvalue weighted by Gasteiger charge is 2.16. The van der Waals surface area contributed by atoms with E-state index < -0.39 is 0 Å². The maximum absolute atomic E-state index is 9.69. The van der Waals surface area contributed by atoms with Crippen LogP contribution in [0, 0.1) is 11.3 Å². The molecule has 0 atom stereocenters. The lowest BCUT2D eigenvalue weighted by molar-refractivity contribution is 0.342. The molecule has 3 N–H and O–H groups in total. The summed E-state index contributed by atoms with van der Waals surface area (Å²) in [5, 5.41) is 13.9. The molecule has 3 aromatic rings. The van der Waals surface area contributed by atoms with E-state index in [-0.39, 0.29) is 0 Å². The molecule has 25 heavy (non-hydrogen) atoms. The number of hydrogen-bond donors (Lipinski definition) is 2. The molecule has 0 amide bonds. The molecule has 1 aromatic heterocycles. The molecule has 5 heteroatoms. The lowest BCUT2D eigenvalue weighted by Crippen LogP contribution is -2.04. The van der Waals surface area contributed by atoms with Gasteiger partial charge in [0.1, 0.15) is 11.8 Å². The molecule has 0 aliphatic rings. The van der Waals surface area contributed by atoms with E-state index in [0.717, 1.165) is 28.0 Å². The number of ether oxygens (including phenoxy) is 1. The number of rotatable bonds is 5. The Kier molecular flexibility index (Phi) is 4.71. The Morgan fingerprint density at radius 2 is 1.96 bits per heavy atom. The number of nitrogens with zero attached hydrogens (tertiary/aromatic N) is 2. The summed E-state index contributed by atoms with van der Waals surface area (Å²) in [6, 6.07) is 15.7. The van der Waals surface area contributed by atoms with Gasteiger partial charge in [-0.1, -0.05) is 25.1 Å². The van der Waals surface area contributed by atoms with Crippen LogP contribution in [0.15, 0.2) is 42.5 Å². The first-order valence-electron chi connectivity index (χ1n) is 8.29. The number of anilines is 3. The Balaban J connectivity index is 2.27. The summed E-state index contributed by atoms with van der Waals surface area (Å²) in [6.07, 6.45) is 0.663. The molecular weight excluding hydrogens is 312 g/mol. The van der Waals surface area contributed by atoms with Gasteiger partial charge >= 0.3 is 0 Å². The summed E-state index contributed by atoms with van der Waals surface area (Å²) in [5.41, 5.74) is 10.3. The van der Waals surface area contributed by atoms with Crippen molar-refractivity contribution in [1.82, 2.24) is 4.98 Å². The van der Waals surface area contributed by atoms with Crippen LogP contribution in [0.4, 0.5) is 17.1 Å². The highest BCUT2D eigenvalue weighted by molar-refractivity contribution is 5.99. The third-order valence-corrected chi connectivity index (χ3v) is 3.98. The van der Waals surface area contributed by atoms with E-state index >= 15 is 0 Å². The zero-order valence-electron chi connectivity index (χ0n) is 14.3. The second kappa shape index (κ2) is 7.10. The number of fused-ring (bicyclic) bond motifs is 1. The number of aromatic nitrogens is 1. The van der Waals surface area contributed by atoms with Crippen LogP contribution >= 0.6 is 0 Å². The van der Waals surface area contributed by atoms with Crippen LogP contribution in [-0.2, 0) is 6.42 Å². The Morgan fingerprint density at radius 3 is 2.60 bits per heavy atom. The number of aryl methyl sites for hydroxylation is 1. The molecule has 0 spiro atoms. The molecule has 3 rings (SSSR count). The fourth-order valence-corrected chi connectivity index (χ4v) is 2.81. The number of nitrogen functional groups attached to an aromatic ring is 1. The maximum atomic E-state index is 9.69. The van der Waals surface area contributed by atoms with Crippen molar-refractivity contribution in [3.63, 3.8) is 0 Å². The van der Waals surface area contributed by atoms with Crippen LogP contribution in [-0.4, -0.2) is 11.6 Å². The minimum Gasteiger partial charge on any atom is -0.492 e. The minimum absolute atomic E-state index is 0.528. The predicted molar refractivity (Wildman–Crippen MR) is 101 cm³/mol. The summed E-state index contributed by atoms with van der Waals surface area (Å²) in [7, 11) is 0. The fraction of sp³-hybridized carbons (Fsp3) is 0.200. The van der Waals surface area contributed by atoms with Crippen molar-refractivity contribution in [3.05, 3.63) is 53.7 Å². The van der Waals surface area contributed by atoms with Crippen molar-refractivity contribution in [1.29, 1.82) is 5.26 Å². The van der Waals surface area contributed by atoms with E-state index in [1.807, 2.05) is 56.3 Å². The van der Waals surface area contributed by atoms with Gasteiger partial charge in [0.05, 0.1) is 34.8 Å². The van der Waals surface area contributed by atoms with Gasteiger partial charge < -0.3 is 15.8 Å². The highest BCUT2D eigenvalue weighted by Crippen LogP contribution is 2.36. The van der Waals surface area contributed by atoms with Crippen molar-refractivity contribution in [2.24, 2.45) is 0 Å². The normalized spacial score (nSPS) is 10.4. The van der Waals surface area contributed by atoms with Crippen LogP contribution in [0.25, 0.3) is 10.9 Å². The molecule has 0 saturated heterocycles. The molecule has 0 aliphatic heterocycles. The summed E-state index contributed by atoms with van der Waals surface area (Å²) >= 11 is 0. The summed E-state index contributed by atoms with van der Waals surface area (Å²) in [6.45, 7) is 4.43. The van der Waals surface area contributed by atoms with Gasteiger partial charge in [0, 0.05) is 17.1 Å². The standard InChI is InChI=1S/C20H20N4O/c1-3-17-15(12-21)20(23-13-8-6-5-7-9-13)14-10-16(22)19(25-4-2)11-18(14)24-17/h5-11H,3-4,22H2,1-2H3,(H,23,24). The Bertz CT molecular complexity index is 946. The molecule has 1 heterocycles. The van der Waals surface area contributed by atoms with Gasteiger partial charge in [0.2, 0.25) is 0 Å². The van der Waals surface area contributed by atoms with Crippen LogP contribution in [0.2, 0.25) is 0 Å². The molecule has 0 radical (unpaired) electrons. The van der Waals surface area contributed by atoms with Gasteiger partial charge in [-0.3, -0.25) is 4.98 Å². The molecule has 0 bridgehead atoms. The van der Waals surface area contributed by atoms with Gasteiger partial charge in [-0.25, -0.2) is 0 Å². The molecular formula is C20H20N4O. The number of pyridine rings is 1. The second-order valence-electron chi connectivity index (χ2n) is 5.61. The van der Waals surface area contributed by atoms with Crippen LogP contribution in [0.3, 0.4) is 0 Å². The summed E-state index contributed by atoms with van der Waals surface area (Å²) < 4.78 is 5.58. The molecule has 0 fully saturated rings. The summed E-state index contributed by atoms with van der Waals surface area (Å²) in [5.74, 6) is 0.611. The highest BCUT2D eigenvalue weighted by atomic mass is 16.5. The molecule has 5 nitrogen and oxygen atoms in total. The lowest BCUT2D eigenvalue weighted by Gasteiger charge is -2.16. The van der Waals surface area contributed by atoms with Gasteiger partial charge in [-0.2, -0.15) is 5.26 Å². The summed E-state index contributed by atoms with van der Waals surface area (Å²) in [4.78, 5) is 4.65.